The quantitative estimate of drug-likeness (QED) is 0.729. The Hall–Kier alpha value is -1.21. The molecule has 1 aromatic heterocycles. The molecule has 0 saturated carbocycles. The number of nitrogens with zero attached hydrogens (tertiary/aromatic N) is 1. The highest BCUT2D eigenvalue weighted by atomic mass is 79.9. The van der Waals surface area contributed by atoms with E-state index in [-0.39, 0.29) is 30.7 Å². The van der Waals surface area contributed by atoms with Crippen molar-refractivity contribution in [3.63, 3.8) is 0 Å². The fourth-order valence-corrected chi connectivity index (χ4v) is 3.10. The van der Waals surface area contributed by atoms with Crippen LogP contribution in [-0.2, 0) is 6.54 Å². The van der Waals surface area contributed by atoms with E-state index in [0.717, 1.165) is 24.0 Å². The van der Waals surface area contributed by atoms with E-state index < -0.39 is 0 Å². The number of halogens is 3. The molecule has 25 heavy (non-hydrogen) atoms. The van der Waals surface area contributed by atoms with Crippen molar-refractivity contribution in [1.82, 2.24) is 5.32 Å². The van der Waals surface area contributed by atoms with Crippen LogP contribution in [0.4, 0.5) is 5.69 Å². The van der Waals surface area contributed by atoms with E-state index in [9.17, 15) is 4.79 Å². The van der Waals surface area contributed by atoms with Crippen LogP contribution in [0.15, 0.2) is 45.5 Å². The lowest BCUT2D eigenvalue weighted by atomic mass is 10.1. The van der Waals surface area contributed by atoms with Crippen LogP contribution in [0.5, 0.6) is 0 Å². The first-order chi connectivity index (χ1) is 11.2. The van der Waals surface area contributed by atoms with Crippen molar-refractivity contribution < 1.29 is 9.21 Å². The van der Waals surface area contributed by atoms with Crippen LogP contribution in [0.1, 0.15) is 22.5 Å². The second kappa shape index (κ2) is 10.1. The number of furan rings is 1. The average Bonchev–Trinajstić information content (AvgIpc) is 3.22. The molecule has 138 valence electrons. The third-order valence-electron chi connectivity index (χ3n) is 4.15. The highest BCUT2D eigenvalue weighted by Crippen LogP contribution is 2.25. The molecule has 2 heterocycles. The topological polar surface area (TPSA) is 71.5 Å². The predicted octanol–water partition coefficient (Wildman–Crippen LogP) is 3.60. The number of hydrogen-bond acceptors (Lipinski definition) is 4. The summed E-state index contributed by atoms with van der Waals surface area (Å²) >= 11 is 3.45. The summed E-state index contributed by atoms with van der Waals surface area (Å²) in [5.74, 6) is 0.983. The molecule has 1 unspecified atom stereocenters. The fraction of sp³-hybridized carbons (Fsp3) is 0.353. The minimum Gasteiger partial charge on any atom is -0.467 e. The van der Waals surface area contributed by atoms with Crippen molar-refractivity contribution in [3.8, 4) is 0 Å². The van der Waals surface area contributed by atoms with Crippen molar-refractivity contribution in [2.45, 2.75) is 13.0 Å². The summed E-state index contributed by atoms with van der Waals surface area (Å²) < 4.78 is 6.28. The number of rotatable bonds is 5. The van der Waals surface area contributed by atoms with Crippen LogP contribution >= 0.6 is 40.7 Å². The molecule has 1 aromatic carbocycles. The van der Waals surface area contributed by atoms with Gasteiger partial charge in [-0.1, -0.05) is 15.9 Å². The van der Waals surface area contributed by atoms with Gasteiger partial charge in [0, 0.05) is 29.8 Å². The zero-order valence-electron chi connectivity index (χ0n) is 13.6. The smallest absolute Gasteiger partial charge is 0.254 e. The first-order valence-corrected chi connectivity index (χ1v) is 8.51. The molecule has 1 atom stereocenters. The van der Waals surface area contributed by atoms with Crippen molar-refractivity contribution in [3.05, 3.63) is 52.4 Å². The van der Waals surface area contributed by atoms with Crippen LogP contribution in [0.2, 0.25) is 0 Å². The number of amides is 1. The number of nitrogens with one attached hydrogen (secondary N) is 1. The van der Waals surface area contributed by atoms with E-state index in [0.29, 0.717) is 30.3 Å². The predicted molar refractivity (Wildman–Crippen MR) is 108 cm³/mol. The molecule has 5 nitrogen and oxygen atoms in total. The maximum Gasteiger partial charge on any atom is 0.254 e. The van der Waals surface area contributed by atoms with E-state index in [1.165, 1.54) is 12.0 Å². The molecule has 1 saturated heterocycles. The van der Waals surface area contributed by atoms with Crippen LogP contribution < -0.4 is 16.0 Å². The van der Waals surface area contributed by atoms with Gasteiger partial charge in [-0.15, -0.1) is 24.8 Å². The average molecular weight is 451 g/mol. The van der Waals surface area contributed by atoms with Crippen LogP contribution in [0.25, 0.3) is 0 Å². The first-order valence-electron chi connectivity index (χ1n) is 7.72. The van der Waals surface area contributed by atoms with E-state index in [2.05, 4.69) is 50.4 Å². The van der Waals surface area contributed by atoms with Gasteiger partial charge in [-0.3, -0.25) is 4.79 Å². The van der Waals surface area contributed by atoms with Crippen LogP contribution in [0, 0.1) is 5.92 Å². The molecule has 3 rings (SSSR count). The van der Waals surface area contributed by atoms with E-state index in [1.807, 2.05) is 0 Å². The molecule has 0 aliphatic carbocycles. The summed E-state index contributed by atoms with van der Waals surface area (Å²) in [6.07, 6.45) is 2.54. The maximum absolute atomic E-state index is 12.1. The third kappa shape index (κ3) is 5.64. The number of nitrogens with two attached hydrogens (primary N) is 1. The van der Waals surface area contributed by atoms with E-state index in [1.54, 1.807) is 6.07 Å². The van der Waals surface area contributed by atoms with Gasteiger partial charge >= 0.3 is 0 Å². The van der Waals surface area contributed by atoms with Gasteiger partial charge in [0.15, 0.2) is 0 Å². The Bertz CT molecular complexity index is 679. The van der Waals surface area contributed by atoms with Crippen molar-refractivity contribution >= 4 is 52.3 Å². The Morgan fingerprint density at radius 2 is 2.04 bits per heavy atom. The summed E-state index contributed by atoms with van der Waals surface area (Å²) in [6.45, 7) is 2.96. The largest absolute Gasteiger partial charge is 0.467 e. The molecule has 1 aliphatic rings. The molecule has 1 amide bonds. The van der Waals surface area contributed by atoms with Gasteiger partial charge in [0.2, 0.25) is 0 Å². The Morgan fingerprint density at radius 3 is 2.68 bits per heavy atom. The van der Waals surface area contributed by atoms with Gasteiger partial charge in [-0.05, 0) is 42.7 Å². The monoisotopic (exact) mass is 449 g/mol. The lowest BCUT2D eigenvalue weighted by molar-refractivity contribution is 0.0947. The summed E-state index contributed by atoms with van der Waals surface area (Å²) in [5, 5.41) is 2.99. The Morgan fingerprint density at radius 1 is 1.32 bits per heavy atom. The van der Waals surface area contributed by atoms with Gasteiger partial charge in [0.1, 0.15) is 12.0 Å². The van der Waals surface area contributed by atoms with Gasteiger partial charge in [0.05, 0.1) is 12.1 Å². The molecule has 8 heteroatoms. The molecule has 1 aliphatic heterocycles. The fourth-order valence-electron chi connectivity index (χ4n) is 2.83. The van der Waals surface area contributed by atoms with E-state index >= 15 is 0 Å². The highest BCUT2D eigenvalue weighted by molar-refractivity contribution is 9.10. The number of anilines is 1. The molecule has 0 bridgehead atoms. The van der Waals surface area contributed by atoms with Gasteiger partial charge in [-0.2, -0.15) is 0 Å². The van der Waals surface area contributed by atoms with Gasteiger partial charge in [0.25, 0.3) is 5.91 Å². The molecule has 0 spiro atoms. The number of carbonyl (C=O) groups excluding carboxylic acids is 1. The molecule has 1 fully saturated rings. The summed E-state index contributed by atoms with van der Waals surface area (Å²) in [5.41, 5.74) is 7.24. The van der Waals surface area contributed by atoms with Crippen LogP contribution in [-0.4, -0.2) is 25.5 Å². The van der Waals surface area contributed by atoms with Crippen molar-refractivity contribution in [2.75, 3.05) is 24.5 Å². The summed E-state index contributed by atoms with van der Waals surface area (Å²) in [6, 6.07) is 10.0. The maximum atomic E-state index is 12.1. The third-order valence-corrected chi connectivity index (χ3v) is 4.67. The molecular weight excluding hydrogens is 429 g/mol. The Labute approximate surface area is 168 Å². The second-order valence-electron chi connectivity index (χ2n) is 5.79. The molecule has 2 aromatic rings. The van der Waals surface area contributed by atoms with Gasteiger partial charge in [-0.25, -0.2) is 0 Å². The second-order valence-corrected chi connectivity index (χ2v) is 6.71. The molecular formula is C17H22BrCl2N3O2. The molecule has 3 N–H and O–H groups in total. The standard InChI is InChI=1S/C17H20BrN3O2.2ClH/c18-14-1-3-15(4-2-14)21-6-5-12(10-21)9-20-17(22)13-7-16(8-19)23-11-13;;/h1-4,7,11-12H,5-6,8-10,19H2,(H,20,22);2*1H. The van der Waals surface area contributed by atoms with Gasteiger partial charge < -0.3 is 20.4 Å². The normalized spacial score (nSPS) is 16.1. The zero-order chi connectivity index (χ0) is 16.2. The summed E-state index contributed by atoms with van der Waals surface area (Å²) in [4.78, 5) is 14.4. The minimum absolute atomic E-state index is 0. The number of benzene rings is 1. The SMILES string of the molecule is Cl.Cl.NCc1cc(C(=O)NCC2CCN(c3ccc(Br)cc3)C2)co1. The van der Waals surface area contributed by atoms with Crippen LogP contribution in [0.3, 0.4) is 0 Å². The summed E-state index contributed by atoms with van der Waals surface area (Å²) in [7, 11) is 0. The molecule has 0 radical (unpaired) electrons. The Balaban J connectivity index is 0.00000156. The zero-order valence-corrected chi connectivity index (χ0v) is 16.8. The Kier molecular flexibility index (Phi) is 8.79. The van der Waals surface area contributed by atoms with E-state index in [4.69, 9.17) is 10.2 Å². The minimum atomic E-state index is -0.101. The highest BCUT2D eigenvalue weighted by Gasteiger charge is 2.23. The van der Waals surface area contributed by atoms with Crippen molar-refractivity contribution in [2.24, 2.45) is 11.7 Å². The van der Waals surface area contributed by atoms with Crippen molar-refractivity contribution in [1.29, 1.82) is 0 Å². The number of hydrogen-bond donors (Lipinski definition) is 2. The first kappa shape index (κ1) is 21.8. The lowest BCUT2D eigenvalue weighted by Gasteiger charge is -2.19. The number of carbonyl (C=O) groups is 1. The lowest BCUT2D eigenvalue weighted by Crippen LogP contribution is -2.30.